The first kappa shape index (κ1) is 14.8. The normalized spacial score (nSPS) is 25.6. The highest BCUT2D eigenvalue weighted by Crippen LogP contribution is 2.58. The van der Waals surface area contributed by atoms with Gasteiger partial charge >= 0.3 is 0 Å². The van der Waals surface area contributed by atoms with Crippen molar-refractivity contribution in [2.45, 2.75) is 58.8 Å². The molecule has 1 aromatic carbocycles. The third-order valence-corrected chi connectivity index (χ3v) is 6.13. The molecule has 0 N–H and O–H groups in total. The molecular weight excluding hydrogens is 276 g/mol. The Bertz CT molecular complexity index is 847. The molecule has 0 aliphatic heterocycles. The molecule has 0 nitrogen and oxygen atoms in total. The molecule has 0 heterocycles. The van der Waals surface area contributed by atoms with Crippen molar-refractivity contribution in [3.63, 3.8) is 0 Å². The smallest absolute Gasteiger partial charge is 0.0578 e. The van der Waals surface area contributed by atoms with Crippen LogP contribution in [-0.4, -0.2) is 0 Å². The van der Waals surface area contributed by atoms with Crippen molar-refractivity contribution in [1.82, 2.24) is 0 Å². The molecule has 0 amide bonds. The fourth-order valence-electron chi connectivity index (χ4n) is 4.68. The monoisotopic (exact) mass is 302 g/mol. The van der Waals surface area contributed by atoms with Gasteiger partial charge in [-0.05, 0) is 71.6 Å². The van der Waals surface area contributed by atoms with E-state index < -0.39 is 0 Å². The van der Waals surface area contributed by atoms with Crippen LogP contribution in [0.2, 0.25) is 0 Å². The van der Waals surface area contributed by atoms with Gasteiger partial charge in [0.25, 0.3) is 0 Å². The van der Waals surface area contributed by atoms with Crippen LogP contribution in [0.15, 0.2) is 58.7 Å². The van der Waals surface area contributed by atoms with E-state index in [9.17, 15) is 0 Å². The molecule has 0 heteroatoms. The average molecular weight is 302 g/mol. The van der Waals surface area contributed by atoms with E-state index in [4.69, 9.17) is 0 Å². The van der Waals surface area contributed by atoms with E-state index in [-0.39, 0.29) is 10.8 Å². The molecule has 3 aliphatic carbocycles. The van der Waals surface area contributed by atoms with Crippen molar-refractivity contribution in [1.29, 1.82) is 0 Å². The summed E-state index contributed by atoms with van der Waals surface area (Å²) in [4.78, 5) is 0. The summed E-state index contributed by atoms with van der Waals surface area (Å²) in [7, 11) is 0. The number of allylic oxidation sites excluding steroid dienone is 8. The lowest BCUT2D eigenvalue weighted by atomic mass is 9.71. The molecule has 1 aromatic rings. The maximum atomic E-state index is 2.53. The van der Waals surface area contributed by atoms with Crippen molar-refractivity contribution < 1.29 is 0 Å². The number of hydrogen-bond acceptors (Lipinski definition) is 0. The molecule has 1 unspecified atom stereocenters. The van der Waals surface area contributed by atoms with Crippen molar-refractivity contribution in [2.24, 2.45) is 0 Å². The maximum Gasteiger partial charge on any atom is 0.0578 e. The summed E-state index contributed by atoms with van der Waals surface area (Å²) in [6, 6.07) is 7.16. The standard InChI is InChI=1S/C23H26/c1-14-13-23(20-9-7-8-18(14)20)16(3)15(2)19-11-10-17(12-21(19)23)22(4,5)6/h7-8,10-13H,9H2,1-6H3. The van der Waals surface area contributed by atoms with E-state index in [1.54, 1.807) is 5.57 Å². The fourth-order valence-corrected chi connectivity index (χ4v) is 4.68. The lowest BCUT2D eigenvalue weighted by Gasteiger charge is -2.31. The maximum absolute atomic E-state index is 2.53. The van der Waals surface area contributed by atoms with E-state index in [0.29, 0.717) is 0 Å². The molecule has 1 spiro atoms. The van der Waals surface area contributed by atoms with Gasteiger partial charge in [0.1, 0.15) is 0 Å². The molecule has 118 valence electrons. The second-order valence-corrected chi connectivity index (χ2v) is 8.39. The molecule has 0 fully saturated rings. The van der Waals surface area contributed by atoms with E-state index in [1.165, 1.54) is 39.0 Å². The molecule has 3 aliphatic rings. The lowest BCUT2D eigenvalue weighted by Crippen LogP contribution is -2.24. The SMILES string of the molecule is CC1=CC2(C(C)=C(C)c3ccc(C(C)(C)C)cc32)C2=C1C=CC2. The predicted molar refractivity (Wildman–Crippen MR) is 99.6 cm³/mol. The molecule has 4 rings (SSSR count). The zero-order chi connectivity index (χ0) is 16.6. The molecule has 0 saturated heterocycles. The third-order valence-electron chi connectivity index (χ3n) is 6.13. The summed E-state index contributed by atoms with van der Waals surface area (Å²) < 4.78 is 0. The summed E-state index contributed by atoms with van der Waals surface area (Å²) in [5, 5.41) is 0. The van der Waals surface area contributed by atoms with Crippen LogP contribution in [-0.2, 0) is 10.8 Å². The molecule has 23 heavy (non-hydrogen) atoms. The second kappa shape index (κ2) is 4.38. The van der Waals surface area contributed by atoms with Crippen LogP contribution in [0.3, 0.4) is 0 Å². The Kier molecular flexibility index (Phi) is 2.81. The van der Waals surface area contributed by atoms with Gasteiger partial charge in [-0.15, -0.1) is 0 Å². The Morgan fingerprint density at radius 3 is 2.48 bits per heavy atom. The van der Waals surface area contributed by atoms with Gasteiger partial charge in [0, 0.05) is 0 Å². The fraction of sp³-hybridized carbons (Fsp3) is 0.391. The molecular formula is C23H26. The van der Waals surface area contributed by atoms with Gasteiger partial charge in [0.05, 0.1) is 5.41 Å². The van der Waals surface area contributed by atoms with Crippen LogP contribution in [0.25, 0.3) is 5.57 Å². The van der Waals surface area contributed by atoms with Crippen LogP contribution in [0.4, 0.5) is 0 Å². The van der Waals surface area contributed by atoms with Crippen molar-refractivity contribution in [3.05, 3.63) is 75.4 Å². The second-order valence-electron chi connectivity index (χ2n) is 8.39. The highest BCUT2D eigenvalue weighted by Gasteiger charge is 2.47. The van der Waals surface area contributed by atoms with Crippen molar-refractivity contribution >= 4 is 5.57 Å². The summed E-state index contributed by atoms with van der Waals surface area (Å²) in [5.41, 5.74) is 12.1. The zero-order valence-electron chi connectivity index (χ0n) is 15.2. The number of benzene rings is 1. The summed E-state index contributed by atoms with van der Waals surface area (Å²) in [6.07, 6.45) is 8.27. The summed E-state index contributed by atoms with van der Waals surface area (Å²) in [5.74, 6) is 0. The highest BCUT2D eigenvalue weighted by atomic mass is 14.5. The first-order valence-corrected chi connectivity index (χ1v) is 8.70. The minimum absolute atomic E-state index is 0.0175. The lowest BCUT2D eigenvalue weighted by molar-refractivity contribution is 0.587. The van der Waals surface area contributed by atoms with Gasteiger partial charge in [-0.3, -0.25) is 0 Å². The number of hydrogen-bond donors (Lipinski definition) is 0. The largest absolute Gasteiger partial charge is 0.0798 e. The molecule has 1 atom stereocenters. The topological polar surface area (TPSA) is 0 Å². The summed E-state index contributed by atoms with van der Waals surface area (Å²) in [6.45, 7) is 13.8. The Labute approximate surface area is 140 Å². The van der Waals surface area contributed by atoms with Crippen LogP contribution in [0.1, 0.15) is 64.7 Å². The van der Waals surface area contributed by atoms with Crippen LogP contribution >= 0.6 is 0 Å². The van der Waals surface area contributed by atoms with Gasteiger partial charge in [0.2, 0.25) is 0 Å². The average Bonchev–Trinajstić information content (AvgIpc) is 3.12. The van der Waals surface area contributed by atoms with E-state index in [0.717, 1.165) is 6.42 Å². The van der Waals surface area contributed by atoms with Crippen LogP contribution < -0.4 is 0 Å². The zero-order valence-corrected chi connectivity index (χ0v) is 15.2. The van der Waals surface area contributed by atoms with E-state index in [2.05, 4.69) is 78.0 Å². The first-order valence-electron chi connectivity index (χ1n) is 8.70. The minimum atomic E-state index is 0.0175. The minimum Gasteiger partial charge on any atom is -0.0798 e. The van der Waals surface area contributed by atoms with E-state index >= 15 is 0 Å². The third kappa shape index (κ3) is 1.73. The van der Waals surface area contributed by atoms with Crippen molar-refractivity contribution in [3.8, 4) is 0 Å². The van der Waals surface area contributed by atoms with Crippen LogP contribution in [0.5, 0.6) is 0 Å². The van der Waals surface area contributed by atoms with E-state index in [1.807, 2.05) is 0 Å². The van der Waals surface area contributed by atoms with Gasteiger partial charge in [-0.2, -0.15) is 0 Å². The molecule has 0 aromatic heterocycles. The highest BCUT2D eigenvalue weighted by molar-refractivity contribution is 5.85. The molecule has 0 radical (unpaired) electrons. The molecule has 0 bridgehead atoms. The number of fused-ring (bicyclic) bond motifs is 3. The van der Waals surface area contributed by atoms with Gasteiger partial charge in [0.15, 0.2) is 0 Å². The van der Waals surface area contributed by atoms with Gasteiger partial charge in [-0.25, -0.2) is 0 Å². The Hall–Kier alpha value is -1.82. The van der Waals surface area contributed by atoms with Gasteiger partial charge in [-0.1, -0.05) is 62.8 Å². The van der Waals surface area contributed by atoms with Crippen LogP contribution in [0, 0.1) is 0 Å². The Balaban J connectivity index is 2.03. The Morgan fingerprint density at radius 2 is 1.78 bits per heavy atom. The Morgan fingerprint density at radius 1 is 1.04 bits per heavy atom. The first-order chi connectivity index (χ1) is 10.8. The quantitative estimate of drug-likeness (QED) is 0.531. The summed E-state index contributed by atoms with van der Waals surface area (Å²) >= 11 is 0. The van der Waals surface area contributed by atoms with Gasteiger partial charge < -0.3 is 0 Å². The molecule has 0 saturated carbocycles. The predicted octanol–water partition coefficient (Wildman–Crippen LogP) is 6.25. The van der Waals surface area contributed by atoms with Crippen molar-refractivity contribution in [2.75, 3.05) is 0 Å². The number of rotatable bonds is 0.